The molecule has 0 aromatic heterocycles. The first-order chi connectivity index (χ1) is 12.4. The summed E-state index contributed by atoms with van der Waals surface area (Å²) in [7, 11) is 0. The molecule has 1 unspecified atom stereocenters. The van der Waals surface area contributed by atoms with E-state index in [2.05, 4.69) is 0 Å². The Labute approximate surface area is 150 Å². The number of carbonyl (C=O) groups is 1. The van der Waals surface area contributed by atoms with E-state index in [9.17, 15) is 18.7 Å². The second-order valence-electron chi connectivity index (χ2n) is 6.42. The molecule has 0 bridgehead atoms. The van der Waals surface area contributed by atoms with Gasteiger partial charge in [0.15, 0.2) is 29.5 Å². The summed E-state index contributed by atoms with van der Waals surface area (Å²) in [4.78, 5) is 12.3. The van der Waals surface area contributed by atoms with E-state index < -0.39 is 29.5 Å². The van der Waals surface area contributed by atoms with Crippen LogP contribution in [0.25, 0.3) is 0 Å². The molecule has 4 nitrogen and oxygen atoms in total. The van der Waals surface area contributed by atoms with E-state index in [0.717, 1.165) is 30.5 Å². The number of aryl methyl sites for hydroxylation is 1. The summed E-state index contributed by atoms with van der Waals surface area (Å²) in [6.07, 6.45) is 1.46. The molecule has 0 saturated carbocycles. The lowest BCUT2D eigenvalue weighted by atomic mass is 10.0. The Kier molecular flexibility index (Phi) is 5.52. The maximum Gasteiger partial charge on any atom is 0.200 e. The summed E-state index contributed by atoms with van der Waals surface area (Å²) in [5, 5.41) is 9.87. The highest BCUT2D eigenvalue weighted by molar-refractivity contribution is 5.99. The van der Waals surface area contributed by atoms with E-state index >= 15 is 0 Å². The van der Waals surface area contributed by atoms with Crippen LogP contribution in [0.4, 0.5) is 8.78 Å². The van der Waals surface area contributed by atoms with Crippen LogP contribution in [-0.2, 0) is 11.2 Å². The Bertz CT molecular complexity index is 790. The van der Waals surface area contributed by atoms with E-state index in [-0.39, 0.29) is 23.3 Å². The first-order valence-corrected chi connectivity index (χ1v) is 8.53. The third-order valence-electron chi connectivity index (χ3n) is 4.26. The first-order valence-electron chi connectivity index (χ1n) is 8.53. The molecule has 1 aliphatic heterocycles. The van der Waals surface area contributed by atoms with Crippen molar-refractivity contribution in [2.45, 2.75) is 38.9 Å². The molecule has 2 aromatic carbocycles. The standard InChI is InChI=1S/C20H20F2O4/c1-12-5-6-14(17(23)8-12)18(24)11-13-9-15(21)20(16(22)10-13)26-19-4-2-3-7-25-19/h5-6,8-10,19,23H,2-4,7,11H2,1H3. The molecule has 26 heavy (non-hydrogen) atoms. The predicted octanol–water partition coefficient (Wildman–Crippen LogP) is 4.31. The van der Waals surface area contributed by atoms with E-state index in [1.807, 2.05) is 0 Å². The van der Waals surface area contributed by atoms with Gasteiger partial charge in [0.05, 0.1) is 12.2 Å². The first kappa shape index (κ1) is 18.3. The highest BCUT2D eigenvalue weighted by Crippen LogP contribution is 2.28. The average Bonchev–Trinajstić information content (AvgIpc) is 2.59. The third-order valence-corrected chi connectivity index (χ3v) is 4.26. The van der Waals surface area contributed by atoms with Crippen molar-refractivity contribution in [1.82, 2.24) is 0 Å². The molecule has 0 aliphatic carbocycles. The van der Waals surface area contributed by atoms with Gasteiger partial charge in [-0.3, -0.25) is 4.79 Å². The predicted molar refractivity (Wildman–Crippen MR) is 91.5 cm³/mol. The lowest BCUT2D eigenvalue weighted by Crippen LogP contribution is -2.25. The van der Waals surface area contributed by atoms with Crippen molar-refractivity contribution < 1.29 is 28.2 Å². The highest BCUT2D eigenvalue weighted by Gasteiger charge is 2.21. The van der Waals surface area contributed by atoms with E-state index in [1.54, 1.807) is 13.0 Å². The fraction of sp³-hybridized carbons (Fsp3) is 0.350. The zero-order valence-electron chi connectivity index (χ0n) is 14.4. The number of phenolic OH excluding ortho intramolecular Hbond substituents is 1. The summed E-state index contributed by atoms with van der Waals surface area (Å²) in [5.74, 6) is -2.83. The van der Waals surface area contributed by atoms with Crippen molar-refractivity contribution in [3.63, 3.8) is 0 Å². The van der Waals surface area contributed by atoms with Gasteiger partial charge in [-0.2, -0.15) is 0 Å². The van der Waals surface area contributed by atoms with Crippen LogP contribution < -0.4 is 4.74 Å². The van der Waals surface area contributed by atoms with Gasteiger partial charge in [-0.15, -0.1) is 0 Å². The van der Waals surface area contributed by atoms with Gasteiger partial charge in [-0.25, -0.2) is 8.78 Å². The zero-order chi connectivity index (χ0) is 18.7. The molecule has 1 heterocycles. The molecule has 1 fully saturated rings. The van der Waals surface area contributed by atoms with Crippen LogP contribution in [0.1, 0.15) is 40.7 Å². The minimum Gasteiger partial charge on any atom is -0.507 e. The van der Waals surface area contributed by atoms with Crippen molar-refractivity contribution in [2.75, 3.05) is 6.61 Å². The van der Waals surface area contributed by atoms with E-state index in [1.165, 1.54) is 12.1 Å². The second kappa shape index (κ2) is 7.83. The van der Waals surface area contributed by atoms with Gasteiger partial charge in [-0.1, -0.05) is 6.07 Å². The van der Waals surface area contributed by atoms with Crippen molar-refractivity contribution in [1.29, 1.82) is 0 Å². The number of rotatable bonds is 5. The average molecular weight is 362 g/mol. The van der Waals surface area contributed by atoms with Crippen LogP contribution in [0.2, 0.25) is 0 Å². The lowest BCUT2D eigenvalue weighted by molar-refractivity contribution is -0.108. The van der Waals surface area contributed by atoms with Gasteiger partial charge in [0, 0.05) is 12.8 Å². The van der Waals surface area contributed by atoms with Crippen LogP contribution in [0, 0.1) is 18.6 Å². The molecule has 1 atom stereocenters. The number of carbonyl (C=O) groups excluding carboxylic acids is 1. The molecule has 0 spiro atoms. The molecule has 1 saturated heterocycles. The minimum atomic E-state index is -0.880. The number of hydrogen-bond acceptors (Lipinski definition) is 4. The normalized spacial score (nSPS) is 17.1. The number of Topliss-reactive ketones (excluding diaryl/α,β-unsaturated/α-hetero) is 1. The fourth-order valence-electron chi connectivity index (χ4n) is 2.92. The number of hydrogen-bond donors (Lipinski definition) is 1. The maximum absolute atomic E-state index is 14.3. The lowest BCUT2D eigenvalue weighted by Gasteiger charge is -2.24. The summed E-state index contributed by atoms with van der Waals surface area (Å²) in [6.45, 7) is 2.29. The van der Waals surface area contributed by atoms with Gasteiger partial charge < -0.3 is 14.6 Å². The van der Waals surface area contributed by atoms with Crippen molar-refractivity contribution in [3.8, 4) is 11.5 Å². The fourth-order valence-corrected chi connectivity index (χ4v) is 2.92. The Morgan fingerprint density at radius 1 is 1.23 bits per heavy atom. The number of ether oxygens (including phenoxy) is 2. The van der Waals surface area contributed by atoms with E-state index in [0.29, 0.717) is 13.0 Å². The summed E-state index contributed by atoms with van der Waals surface area (Å²) in [6, 6.07) is 6.80. The molecule has 138 valence electrons. The Hall–Kier alpha value is -2.47. The molecular weight excluding hydrogens is 342 g/mol. The molecule has 1 N–H and O–H groups in total. The SMILES string of the molecule is Cc1ccc(C(=O)Cc2cc(F)c(OC3CCCCO3)c(F)c2)c(O)c1. The topological polar surface area (TPSA) is 55.8 Å². The summed E-state index contributed by atoms with van der Waals surface area (Å²) >= 11 is 0. The summed E-state index contributed by atoms with van der Waals surface area (Å²) < 4.78 is 39.2. The number of phenols is 1. The van der Waals surface area contributed by atoms with Crippen molar-refractivity contribution >= 4 is 5.78 Å². The zero-order valence-corrected chi connectivity index (χ0v) is 14.4. The molecule has 0 amide bonds. The van der Waals surface area contributed by atoms with E-state index in [4.69, 9.17) is 9.47 Å². The van der Waals surface area contributed by atoms with Crippen LogP contribution >= 0.6 is 0 Å². The van der Waals surface area contributed by atoms with Gasteiger partial charge in [-0.05, 0) is 55.2 Å². The van der Waals surface area contributed by atoms with Gasteiger partial charge in [0.25, 0.3) is 0 Å². The third kappa shape index (κ3) is 4.19. The summed E-state index contributed by atoms with van der Waals surface area (Å²) in [5.41, 5.74) is 1.09. The molecule has 3 rings (SSSR count). The van der Waals surface area contributed by atoms with Gasteiger partial charge in [0.2, 0.25) is 0 Å². The molecule has 0 radical (unpaired) electrons. The van der Waals surface area contributed by atoms with Crippen molar-refractivity contribution in [3.05, 3.63) is 58.7 Å². The number of aromatic hydroxyl groups is 1. The second-order valence-corrected chi connectivity index (χ2v) is 6.42. The Morgan fingerprint density at radius 3 is 2.58 bits per heavy atom. The van der Waals surface area contributed by atoms with Crippen molar-refractivity contribution in [2.24, 2.45) is 0 Å². The largest absolute Gasteiger partial charge is 0.507 e. The Morgan fingerprint density at radius 2 is 1.96 bits per heavy atom. The number of ketones is 1. The maximum atomic E-state index is 14.3. The highest BCUT2D eigenvalue weighted by atomic mass is 19.1. The Balaban J connectivity index is 1.75. The molecule has 2 aromatic rings. The monoisotopic (exact) mass is 362 g/mol. The quantitative estimate of drug-likeness (QED) is 0.806. The van der Waals surface area contributed by atoms with Gasteiger partial charge in [0.1, 0.15) is 5.75 Å². The number of halogens is 2. The van der Waals surface area contributed by atoms with Crippen LogP contribution in [0.5, 0.6) is 11.5 Å². The molecular formula is C20H20F2O4. The molecule has 1 aliphatic rings. The van der Waals surface area contributed by atoms with Crippen LogP contribution in [-0.4, -0.2) is 23.8 Å². The molecule has 6 heteroatoms. The van der Waals surface area contributed by atoms with Gasteiger partial charge >= 0.3 is 0 Å². The minimum absolute atomic E-state index is 0.118. The van der Waals surface area contributed by atoms with Crippen LogP contribution in [0.3, 0.4) is 0 Å². The van der Waals surface area contributed by atoms with Crippen LogP contribution in [0.15, 0.2) is 30.3 Å². The number of benzene rings is 2. The smallest absolute Gasteiger partial charge is 0.200 e.